The number of piperidine rings is 1. The molecule has 1 N–H and O–H groups in total. The molecular weight excluding hydrogens is 275 g/mol. The number of rotatable bonds is 3. The molecule has 2 saturated heterocycles. The monoisotopic (exact) mass is 296 g/mol. The molecule has 1 atom stereocenters. The van der Waals surface area contributed by atoms with Gasteiger partial charge in [0.05, 0.1) is 5.02 Å². The summed E-state index contributed by atoms with van der Waals surface area (Å²) in [4.78, 5) is 2.35. The molecule has 0 bridgehead atoms. The van der Waals surface area contributed by atoms with Crippen molar-refractivity contribution in [1.82, 2.24) is 10.2 Å². The van der Waals surface area contributed by atoms with E-state index in [9.17, 15) is 4.39 Å². The van der Waals surface area contributed by atoms with Gasteiger partial charge in [-0.05, 0) is 57.3 Å². The van der Waals surface area contributed by atoms with E-state index in [0.717, 1.165) is 30.6 Å². The van der Waals surface area contributed by atoms with Crippen molar-refractivity contribution in [3.05, 3.63) is 34.6 Å². The van der Waals surface area contributed by atoms with Crippen LogP contribution in [0.25, 0.3) is 0 Å². The Kier molecular flexibility index (Phi) is 4.59. The maximum absolute atomic E-state index is 13.9. The number of nitrogens with one attached hydrogen (secondary N) is 1. The highest BCUT2D eigenvalue weighted by molar-refractivity contribution is 6.30. The number of hydrogen-bond donors (Lipinski definition) is 1. The third-order valence-corrected chi connectivity index (χ3v) is 5.02. The summed E-state index contributed by atoms with van der Waals surface area (Å²) in [6.07, 6.45) is 5.09. The quantitative estimate of drug-likeness (QED) is 0.919. The zero-order valence-electron chi connectivity index (χ0n) is 11.7. The first-order chi connectivity index (χ1) is 9.74. The fourth-order valence-corrected chi connectivity index (χ4v) is 3.73. The van der Waals surface area contributed by atoms with Gasteiger partial charge in [0, 0.05) is 18.2 Å². The van der Waals surface area contributed by atoms with Gasteiger partial charge < -0.3 is 5.32 Å². The molecule has 0 saturated carbocycles. The number of hydrogen-bond acceptors (Lipinski definition) is 2. The predicted octanol–water partition coefficient (Wildman–Crippen LogP) is 3.44. The van der Waals surface area contributed by atoms with Crippen molar-refractivity contribution in [2.24, 2.45) is 5.92 Å². The third kappa shape index (κ3) is 3.16. The van der Waals surface area contributed by atoms with Crippen LogP contribution in [0.3, 0.4) is 0 Å². The molecular formula is C16H22ClFN2. The molecule has 0 aliphatic carbocycles. The highest BCUT2D eigenvalue weighted by Gasteiger charge is 2.28. The summed E-state index contributed by atoms with van der Waals surface area (Å²) < 4.78 is 13.9. The standard InChI is InChI=1S/C16H22ClFN2/c17-14-4-1-3-13(16(14)18)11-20-9-6-12(7-10-20)15-5-2-8-19-15/h1,3-4,12,15,19H,2,5-11H2. The van der Waals surface area contributed by atoms with Gasteiger partial charge in [0.1, 0.15) is 5.82 Å². The Balaban J connectivity index is 1.54. The van der Waals surface area contributed by atoms with Crippen molar-refractivity contribution in [3.8, 4) is 0 Å². The summed E-state index contributed by atoms with van der Waals surface area (Å²) in [6.45, 7) is 3.99. The van der Waals surface area contributed by atoms with Crippen LogP contribution in [0, 0.1) is 11.7 Å². The lowest BCUT2D eigenvalue weighted by molar-refractivity contribution is 0.156. The second-order valence-corrected chi connectivity index (χ2v) is 6.44. The van der Waals surface area contributed by atoms with E-state index in [0.29, 0.717) is 6.54 Å². The summed E-state index contributed by atoms with van der Waals surface area (Å²) in [5, 5.41) is 3.84. The van der Waals surface area contributed by atoms with Crippen molar-refractivity contribution in [2.45, 2.75) is 38.3 Å². The summed E-state index contributed by atoms with van der Waals surface area (Å²) >= 11 is 5.84. The molecule has 0 radical (unpaired) electrons. The van der Waals surface area contributed by atoms with Crippen molar-refractivity contribution in [2.75, 3.05) is 19.6 Å². The first kappa shape index (κ1) is 14.3. The van der Waals surface area contributed by atoms with E-state index in [1.165, 1.54) is 32.2 Å². The van der Waals surface area contributed by atoms with E-state index in [-0.39, 0.29) is 10.8 Å². The summed E-state index contributed by atoms with van der Waals surface area (Å²) in [5.41, 5.74) is 0.718. The van der Waals surface area contributed by atoms with E-state index in [1.54, 1.807) is 6.07 Å². The van der Waals surface area contributed by atoms with E-state index in [1.807, 2.05) is 12.1 Å². The Morgan fingerprint density at radius 1 is 1.25 bits per heavy atom. The molecule has 1 unspecified atom stereocenters. The third-order valence-electron chi connectivity index (χ3n) is 4.73. The topological polar surface area (TPSA) is 15.3 Å². The molecule has 0 amide bonds. The van der Waals surface area contributed by atoms with Crippen LogP contribution in [0.2, 0.25) is 5.02 Å². The van der Waals surface area contributed by atoms with Crippen molar-refractivity contribution < 1.29 is 4.39 Å². The van der Waals surface area contributed by atoms with E-state index >= 15 is 0 Å². The number of halogens is 2. The average Bonchev–Trinajstić information content (AvgIpc) is 2.99. The minimum absolute atomic E-state index is 0.229. The Labute approximate surface area is 125 Å². The van der Waals surface area contributed by atoms with Crippen LogP contribution < -0.4 is 5.32 Å². The first-order valence-electron chi connectivity index (χ1n) is 7.62. The Hall–Kier alpha value is -0.640. The minimum Gasteiger partial charge on any atom is -0.314 e. The largest absolute Gasteiger partial charge is 0.314 e. The van der Waals surface area contributed by atoms with Crippen LogP contribution in [0.15, 0.2) is 18.2 Å². The van der Waals surface area contributed by atoms with Crippen molar-refractivity contribution in [3.63, 3.8) is 0 Å². The van der Waals surface area contributed by atoms with Gasteiger partial charge in [-0.25, -0.2) is 4.39 Å². The maximum atomic E-state index is 13.9. The Morgan fingerprint density at radius 2 is 2.05 bits per heavy atom. The van der Waals surface area contributed by atoms with Gasteiger partial charge in [-0.3, -0.25) is 4.90 Å². The molecule has 3 rings (SSSR count). The lowest BCUT2D eigenvalue weighted by atomic mass is 9.88. The minimum atomic E-state index is -0.256. The summed E-state index contributed by atoms with van der Waals surface area (Å²) in [6, 6.07) is 6.00. The van der Waals surface area contributed by atoms with Gasteiger partial charge >= 0.3 is 0 Å². The molecule has 1 aromatic carbocycles. The molecule has 2 aliphatic heterocycles. The van der Waals surface area contributed by atoms with Crippen molar-refractivity contribution in [1.29, 1.82) is 0 Å². The molecule has 0 aromatic heterocycles. The highest BCUT2D eigenvalue weighted by atomic mass is 35.5. The van der Waals surface area contributed by atoms with E-state index in [4.69, 9.17) is 11.6 Å². The fourth-order valence-electron chi connectivity index (χ4n) is 3.54. The molecule has 2 aliphatic rings. The molecule has 4 heteroatoms. The lowest BCUT2D eigenvalue weighted by Crippen LogP contribution is -2.40. The van der Waals surface area contributed by atoms with Gasteiger partial charge in [0.2, 0.25) is 0 Å². The summed E-state index contributed by atoms with van der Waals surface area (Å²) in [5.74, 6) is 0.548. The smallest absolute Gasteiger partial charge is 0.146 e. The van der Waals surface area contributed by atoms with E-state index in [2.05, 4.69) is 10.2 Å². The number of benzene rings is 1. The number of likely N-dealkylation sites (tertiary alicyclic amines) is 1. The van der Waals surface area contributed by atoms with Crippen molar-refractivity contribution >= 4 is 11.6 Å². The lowest BCUT2D eigenvalue weighted by Gasteiger charge is -2.35. The molecule has 20 heavy (non-hydrogen) atoms. The number of nitrogens with zero attached hydrogens (tertiary/aromatic N) is 1. The summed E-state index contributed by atoms with van der Waals surface area (Å²) in [7, 11) is 0. The Bertz CT molecular complexity index is 452. The zero-order chi connectivity index (χ0) is 13.9. The second-order valence-electron chi connectivity index (χ2n) is 6.03. The zero-order valence-corrected chi connectivity index (χ0v) is 12.5. The van der Waals surface area contributed by atoms with Crippen LogP contribution in [0.1, 0.15) is 31.2 Å². The highest BCUT2D eigenvalue weighted by Crippen LogP contribution is 2.27. The molecule has 1 aromatic rings. The van der Waals surface area contributed by atoms with E-state index < -0.39 is 0 Å². The van der Waals surface area contributed by atoms with Crippen LogP contribution in [-0.2, 0) is 6.54 Å². The molecule has 0 spiro atoms. The average molecular weight is 297 g/mol. The van der Waals surface area contributed by atoms with Crippen LogP contribution in [0.5, 0.6) is 0 Å². The Morgan fingerprint density at radius 3 is 2.75 bits per heavy atom. The van der Waals surface area contributed by atoms with Gasteiger partial charge in [0.25, 0.3) is 0 Å². The molecule has 2 heterocycles. The van der Waals surface area contributed by atoms with Crippen LogP contribution in [-0.4, -0.2) is 30.6 Å². The predicted molar refractivity (Wildman–Crippen MR) is 80.4 cm³/mol. The molecule has 2 nitrogen and oxygen atoms in total. The fraction of sp³-hybridized carbons (Fsp3) is 0.625. The SMILES string of the molecule is Fc1c(Cl)cccc1CN1CCC(C2CCCN2)CC1. The van der Waals surface area contributed by atoms with Gasteiger partial charge in [-0.1, -0.05) is 23.7 Å². The molecule has 2 fully saturated rings. The maximum Gasteiger partial charge on any atom is 0.146 e. The first-order valence-corrected chi connectivity index (χ1v) is 8.00. The molecule has 110 valence electrons. The van der Waals surface area contributed by atoms with Crippen LogP contribution in [0.4, 0.5) is 4.39 Å². The van der Waals surface area contributed by atoms with Gasteiger partial charge in [0.15, 0.2) is 0 Å². The van der Waals surface area contributed by atoms with Gasteiger partial charge in [-0.2, -0.15) is 0 Å². The van der Waals surface area contributed by atoms with Gasteiger partial charge in [-0.15, -0.1) is 0 Å². The normalized spacial score (nSPS) is 25.2. The van der Waals surface area contributed by atoms with Crippen LogP contribution >= 0.6 is 11.6 Å². The second kappa shape index (κ2) is 6.42.